The van der Waals surface area contributed by atoms with Crippen molar-refractivity contribution in [2.24, 2.45) is 0 Å². The van der Waals surface area contributed by atoms with Crippen molar-refractivity contribution in [1.29, 1.82) is 0 Å². The number of methoxy groups -OCH3 is 1. The Balaban J connectivity index is 1.88. The van der Waals surface area contributed by atoms with Crippen LogP contribution in [0.25, 0.3) is 17.1 Å². The fourth-order valence-electron chi connectivity index (χ4n) is 2.88. The number of ether oxygens (including phenoxy) is 1. The van der Waals surface area contributed by atoms with Crippen LogP contribution in [0.5, 0.6) is 0 Å². The molecule has 1 amide bonds. The molecule has 2 atom stereocenters. The Kier molecular flexibility index (Phi) is 8.10. The summed E-state index contributed by atoms with van der Waals surface area (Å²) < 4.78 is 46.7. The van der Waals surface area contributed by atoms with Crippen LogP contribution in [-0.2, 0) is 15.7 Å². The first-order chi connectivity index (χ1) is 16.6. The van der Waals surface area contributed by atoms with E-state index in [4.69, 9.17) is 4.74 Å². The molecule has 35 heavy (non-hydrogen) atoms. The van der Waals surface area contributed by atoms with Gasteiger partial charge in [-0.05, 0) is 50.3 Å². The number of pyridine rings is 1. The quantitative estimate of drug-likeness (QED) is 0.368. The molecule has 0 radical (unpaired) electrons. The monoisotopic (exact) mass is 488 g/mol. The Morgan fingerprint density at radius 3 is 2.57 bits per heavy atom. The third-order valence-corrected chi connectivity index (χ3v) is 4.67. The van der Waals surface area contributed by atoms with Gasteiger partial charge in [-0.15, -0.1) is 10.2 Å². The number of anilines is 1. The number of nitrogens with one attached hydrogen (secondary N) is 1. The number of aromatic nitrogens is 5. The molecule has 2 N–H and O–H groups in total. The van der Waals surface area contributed by atoms with Crippen LogP contribution in [0.4, 0.5) is 19.0 Å². The van der Waals surface area contributed by atoms with Crippen molar-refractivity contribution in [2.45, 2.75) is 32.2 Å². The average molecular weight is 488 g/mol. The number of amides is 1. The zero-order valence-corrected chi connectivity index (χ0v) is 19.1. The zero-order chi connectivity index (χ0) is 25.6. The number of carbonyl (C=O) groups is 1. The molecule has 3 aromatic heterocycles. The maximum absolute atomic E-state index is 13.6. The number of aliphatic hydroxyl groups excluding tert-OH is 1. The molecule has 184 valence electrons. The van der Waals surface area contributed by atoms with Crippen LogP contribution in [0, 0.1) is 0 Å². The van der Waals surface area contributed by atoms with E-state index in [9.17, 15) is 23.1 Å². The van der Waals surface area contributed by atoms with E-state index < -0.39 is 30.0 Å². The second-order valence-corrected chi connectivity index (χ2v) is 7.46. The highest BCUT2D eigenvalue weighted by Gasteiger charge is 2.37. The molecule has 0 saturated carbocycles. The van der Waals surface area contributed by atoms with Gasteiger partial charge in [-0.3, -0.25) is 9.78 Å². The van der Waals surface area contributed by atoms with E-state index in [0.29, 0.717) is 10.2 Å². The van der Waals surface area contributed by atoms with Gasteiger partial charge in [0.15, 0.2) is 17.3 Å². The molecule has 0 spiro atoms. The summed E-state index contributed by atoms with van der Waals surface area (Å²) in [7, 11) is 1.48. The van der Waals surface area contributed by atoms with Gasteiger partial charge in [0, 0.05) is 30.6 Å². The molecule has 0 bridgehead atoms. The Morgan fingerprint density at radius 1 is 1.23 bits per heavy atom. The van der Waals surface area contributed by atoms with Crippen LogP contribution < -0.4 is 5.32 Å². The van der Waals surface area contributed by atoms with Crippen LogP contribution in [0.15, 0.2) is 66.5 Å². The minimum Gasteiger partial charge on any atom is -0.389 e. The van der Waals surface area contributed by atoms with E-state index in [2.05, 4.69) is 25.6 Å². The van der Waals surface area contributed by atoms with E-state index in [1.54, 1.807) is 19.1 Å². The van der Waals surface area contributed by atoms with E-state index in [-0.39, 0.29) is 22.9 Å². The molecule has 0 aliphatic rings. The fraction of sp³-hybridized carbons (Fsp3) is 0.261. The molecule has 2 unspecified atom stereocenters. The molecule has 3 heterocycles. The van der Waals surface area contributed by atoms with Crippen LogP contribution in [0.2, 0.25) is 0 Å². The van der Waals surface area contributed by atoms with Crippen molar-refractivity contribution < 1.29 is 27.8 Å². The minimum absolute atomic E-state index is 0.00774. The molecule has 3 aromatic rings. The molecular formula is C23H23F3N6O3. The van der Waals surface area contributed by atoms with E-state index in [1.807, 2.05) is 0 Å². The Morgan fingerprint density at radius 2 is 2.00 bits per heavy atom. The SMILES string of the molecule is COC(C)/C=C(\C=C/C(C)O)C(=O)Nc1ccc(-n2nc(-c3cccnc3)cc2C(F)(F)F)nn1. The van der Waals surface area contributed by atoms with Gasteiger partial charge in [-0.2, -0.15) is 18.3 Å². The van der Waals surface area contributed by atoms with Crippen LogP contribution >= 0.6 is 0 Å². The van der Waals surface area contributed by atoms with Crippen molar-refractivity contribution in [3.05, 3.63) is 72.2 Å². The number of aliphatic hydroxyl groups is 1. The molecule has 0 fully saturated rings. The molecule has 0 aliphatic carbocycles. The lowest BCUT2D eigenvalue weighted by molar-refractivity contribution is -0.142. The van der Waals surface area contributed by atoms with Gasteiger partial charge >= 0.3 is 6.18 Å². The normalized spacial score (nSPS) is 14.2. The number of carbonyl (C=O) groups excluding carboxylic acids is 1. The fourth-order valence-corrected chi connectivity index (χ4v) is 2.88. The summed E-state index contributed by atoms with van der Waals surface area (Å²) in [4.78, 5) is 16.6. The van der Waals surface area contributed by atoms with Gasteiger partial charge in [-0.25, -0.2) is 4.68 Å². The number of alkyl halides is 3. The molecule has 0 aromatic carbocycles. The predicted molar refractivity (Wildman–Crippen MR) is 121 cm³/mol. The summed E-state index contributed by atoms with van der Waals surface area (Å²) in [6.07, 6.45) is 1.41. The smallest absolute Gasteiger partial charge is 0.389 e. The van der Waals surface area contributed by atoms with Gasteiger partial charge in [0.1, 0.15) is 0 Å². The highest BCUT2D eigenvalue weighted by molar-refractivity contribution is 6.05. The molecule has 3 rings (SSSR count). The predicted octanol–water partition coefficient (Wildman–Crippen LogP) is 3.58. The summed E-state index contributed by atoms with van der Waals surface area (Å²) >= 11 is 0. The van der Waals surface area contributed by atoms with Crippen LogP contribution in [-0.4, -0.2) is 55.3 Å². The molecule has 9 nitrogen and oxygen atoms in total. The average Bonchev–Trinajstić information content (AvgIpc) is 3.29. The van der Waals surface area contributed by atoms with E-state index >= 15 is 0 Å². The van der Waals surface area contributed by atoms with Crippen molar-refractivity contribution >= 4 is 11.7 Å². The number of hydrogen-bond donors (Lipinski definition) is 2. The summed E-state index contributed by atoms with van der Waals surface area (Å²) in [5.74, 6) is -0.751. The van der Waals surface area contributed by atoms with Gasteiger partial charge < -0.3 is 15.2 Å². The number of halogens is 3. The second-order valence-electron chi connectivity index (χ2n) is 7.46. The van der Waals surface area contributed by atoms with Crippen molar-refractivity contribution in [1.82, 2.24) is 25.0 Å². The lowest BCUT2D eigenvalue weighted by Gasteiger charge is -2.10. The topological polar surface area (TPSA) is 115 Å². The van der Waals surface area contributed by atoms with Gasteiger partial charge in [0.05, 0.1) is 17.9 Å². The largest absolute Gasteiger partial charge is 0.433 e. The first-order valence-corrected chi connectivity index (χ1v) is 10.4. The Labute approximate surface area is 199 Å². The van der Waals surface area contributed by atoms with Crippen molar-refractivity contribution in [2.75, 3.05) is 12.4 Å². The molecular weight excluding hydrogens is 465 g/mol. The Bertz CT molecular complexity index is 1210. The Hall–Kier alpha value is -3.90. The van der Waals surface area contributed by atoms with Crippen LogP contribution in [0.1, 0.15) is 19.5 Å². The maximum Gasteiger partial charge on any atom is 0.433 e. The van der Waals surface area contributed by atoms with Crippen molar-refractivity contribution in [3.8, 4) is 17.1 Å². The van der Waals surface area contributed by atoms with Crippen molar-refractivity contribution in [3.63, 3.8) is 0 Å². The first-order valence-electron chi connectivity index (χ1n) is 10.4. The summed E-state index contributed by atoms with van der Waals surface area (Å²) in [5.41, 5.74) is -0.372. The number of nitrogens with zero attached hydrogens (tertiary/aromatic N) is 5. The lowest BCUT2D eigenvalue weighted by Crippen LogP contribution is -2.18. The molecule has 12 heteroatoms. The molecule has 0 saturated heterocycles. The van der Waals surface area contributed by atoms with Gasteiger partial charge in [0.25, 0.3) is 5.91 Å². The standard InChI is InChI=1S/C23H23F3N6O3/c1-14(33)6-7-16(11-15(2)35-3)22(34)28-20-8-9-21(30-29-20)32-19(23(24,25)26)12-18(31-32)17-5-4-10-27-13-17/h4-15,33H,1-3H3,(H,28,29,34)/b7-6-,16-11+. The first kappa shape index (κ1) is 25.7. The van der Waals surface area contributed by atoms with Crippen LogP contribution in [0.3, 0.4) is 0 Å². The highest BCUT2D eigenvalue weighted by Crippen LogP contribution is 2.33. The third kappa shape index (κ3) is 6.80. The summed E-state index contributed by atoms with van der Waals surface area (Å²) in [6.45, 7) is 3.25. The highest BCUT2D eigenvalue weighted by atomic mass is 19.4. The summed E-state index contributed by atoms with van der Waals surface area (Å²) in [6, 6.07) is 6.64. The summed E-state index contributed by atoms with van der Waals surface area (Å²) in [5, 5.41) is 23.7. The molecule has 0 aliphatic heterocycles. The van der Waals surface area contributed by atoms with E-state index in [0.717, 1.165) is 6.07 Å². The maximum atomic E-state index is 13.6. The zero-order valence-electron chi connectivity index (χ0n) is 19.1. The number of rotatable bonds is 8. The second kappa shape index (κ2) is 11.0. The number of hydrogen-bond acceptors (Lipinski definition) is 7. The van der Waals surface area contributed by atoms with Gasteiger partial charge in [-0.1, -0.05) is 12.2 Å². The lowest BCUT2D eigenvalue weighted by atomic mass is 10.1. The van der Waals surface area contributed by atoms with Gasteiger partial charge in [0.2, 0.25) is 0 Å². The minimum atomic E-state index is -4.70. The third-order valence-electron chi connectivity index (χ3n) is 4.67. The van der Waals surface area contributed by atoms with E-state index in [1.165, 1.54) is 56.8 Å².